The number of hydrogen-bond acceptors (Lipinski definition) is 5. The molecule has 8 rings (SSSR count). The van der Waals surface area contributed by atoms with Crippen LogP contribution in [0.5, 0.6) is 11.5 Å². The zero-order valence-electron chi connectivity index (χ0n) is 21.6. The van der Waals surface area contributed by atoms with Gasteiger partial charge >= 0.3 is 0 Å². The molecular weight excluding hydrogens is 462 g/mol. The molecule has 0 aromatic heterocycles. The number of phenolic OH excluding ortho intramolecular Hbond substituents is 1. The smallest absolute Gasteiger partial charge is 0.165 e. The second kappa shape index (κ2) is 7.09. The Bertz CT molecular complexity index is 1060. The van der Waals surface area contributed by atoms with E-state index in [-0.39, 0.29) is 53.0 Å². The van der Waals surface area contributed by atoms with E-state index in [1.165, 1.54) is 30.5 Å². The Balaban J connectivity index is 0.00000229. The quantitative estimate of drug-likeness (QED) is 0.567. The molecule has 3 N–H and O–H groups in total. The number of piperidine rings is 1. The maximum absolute atomic E-state index is 12.2. The number of nitrogens with zero attached hydrogens (tertiary/aromatic N) is 1. The van der Waals surface area contributed by atoms with Gasteiger partial charge in [0.1, 0.15) is 6.10 Å². The highest BCUT2D eigenvalue weighted by atomic mass is 35.5. The van der Waals surface area contributed by atoms with E-state index in [0.717, 1.165) is 44.6 Å². The SMILES string of the molecule is CC(C)(C)[C@@](C)(O)C1CC23CCC1(CO)C1Oc4c(O)ccc5c4[C@@]12CCN(CC1CC1)[C@@H]3C5.Cl. The monoisotopic (exact) mass is 503 g/mol. The van der Waals surface area contributed by atoms with Crippen molar-refractivity contribution < 1.29 is 20.1 Å². The molecule has 2 spiro atoms. The fourth-order valence-corrected chi connectivity index (χ4v) is 9.74. The highest BCUT2D eigenvalue weighted by molar-refractivity contribution is 5.85. The average molecular weight is 504 g/mol. The van der Waals surface area contributed by atoms with Crippen molar-refractivity contribution in [2.24, 2.45) is 28.1 Å². The first-order chi connectivity index (χ1) is 16.0. The topological polar surface area (TPSA) is 73.2 Å². The van der Waals surface area contributed by atoms with Gasteiger partial charge in [0.15, 0.2) is 11.5 Å². The van der Waals surface area contributed by atoms with Crippen molar-refractivity contribution in [1.82, 2.24) is 4.90 Å². The van der Waals surface area contributed by atoms with Gasteiger partial charge in [-0.2, -0.15) is 0 Å². The van der Waals surface area contributed by atoms with E-state index in [2.05, 4.69) is 31.7 Å². The molecule has 6 heteroatoms. The van der Waals surface area contributed by atoms with Gasteiger partial charge in [-0.05, 0) is 87.3 Å². The highest BCUT2D eigenvalue weighted by Crippen LogP contribution is 2.79. The number of aliphatic hydroxyl groups excluding tert-OH is 1. The van der Waals surface area contributed by atoms with Crippen LogP contribution in [0, 0.1) is 28.1 Å². The van der Waals surface area contributed by atoms with Gasteiger partial charge in [-0.1, -0.05) is 26.8 Å². The van der Waals surface area contributed by atoms with Crippen molar-refractivity contribution >= 4 is 12.4 Å². The molecule has 7 atom stereocenters. The number of aromatic hydroxyl groups is 1. The number of benzene rings is 1. The van der Waals surface area contributed by atoms with Crippen molar-refractivity contribution in [3.05, 3.63) is 23.3 Å². The summed E-state index contributed by atoms with van der Waals surface area (Å²) in [4.78, 5) is 2.80. The van der Waals surface area contributed by atoms with Crippen molar-refractivity contribution in [2.45, 2.75) is 95.8 Å². The molecule has 2 aliphatic heterocycles. The molecule has 5 aliphatic carbocycles. The second-order valence-corrected chi connectivity index (χ2v) is 14.0. The normalized spacial score (nSPS) is 42.6. The molecule has 1 aromatic carbocycles. The lowest BCUT2D eigenvalue weighted by Crippen LogP contribution is -2.81. The summed E-state index contributed by atoms with van der Waals surface area (Å²) in [6.07, 6.45) is 7.43. The van der Waals surface area contributed by atoms with Gasteiger partial charge in [0.25, 0.3) is 0 Å². The molecule has 1 saturated heterocycles. The van der Waals surface area contributed by atoms with Gasteiger partial charge < -0.3 is 20.1 Å². The maximum atomic E-state index is 12.2. The van der Waals surface area contributed by atoms with Gasteiger partial charge in [-0.3, -0.25) is 4.90 Å². The summed E-state index contributed by atoms with van der Waals surface area (Å²) >= 11 is 0. The second-order valence-electron chi connectivity index (χ2n) is 14.0. The van der Waals surface area contributed by atoms with Crippen LogP contribution in [0.15, 0.2) is 12.1 Å². The fraction of sp³-hybridized carbons (Fsp3) is 0.793. The Kier molecular flexibility index (Phi) is 4.93. The molecule has 2 heterocycles. The van der Waals surface area contributed by atoms with E-state index in [4.69, 9.17) is 4.74 Å². The average Bonchev–Trinajstić information content (AvgIpc) is 3.53. The highest BCUT2D eigenvalue weighted by Gasteiger charge is 2.81. The maximum Gasteiger partial charge on any atom is 0.165 e. The minimum Gasteiger partial charge on any atom is -0.504 e. The van der Waals surface area contributed by atoms with Crippen LogP contribution < -0.4 is 4.74 Å². The van der Waals surface area contributed by atoms with E-state index in [1.807, 2.05) is 13.0 Å². The molecule has 1 aromatic rings. The number of fused-ring (bicyclic) bond motifs is 2. The minimum absolute atomic E-state index is 0. The van der Waals surface area contributed by atoms with E-state index in [9.17, 15) is 15.3 Å². The van der Waals surface area contributed by atoms with Crippen LogP contribution in [0.1, 0.15) is 77.3 Å². The molecule has 5 fully saturated rings. The van der Waals surface area contributed by atoms with Crippen LogP contribution in [0.4, 0.5) is 0 Å². The molecule has 5 nitrogen and oxygen atoms in total. The number of halogens is 1. The van der Waals surface area contributed by atoms with Crippen LogP contribution in [0.2, 0.25) is 0 Å². The van der Waals surface area contributed by atoms with Gasteiger partial charge in [-0.15, -0.1) is 12.4 Å². The third-order valence-corrected chi connectivity index (χ3v) is 12.0. The molecule has 0 amide bonds. The Morgan fingerprint density at radius 3 is 2.51 bits per heavy atom. The summed E-state index contributed by atoms with van der Waals surface area (Å²) in [7, 11) is 0. The van der Waals surface area contributed by atoms with Crippen LogP contribution in [-0.4, -0.2) is 57.7 Å². The van der Waals surface area contributed by atoms with Gasteiger partial charge in [-0.25, -0.2) is 0 Å². The summed E-state index contributed by atoms with van der Waals surface area (Å²) < 4.78 is 6.86. The summed E-state index contributed by atoms with van der Waals surface area (Å²) in [6, 6.07) is 4.39. The molecule has 194 valence electrons. The van der Waals surface area contributed by atoms with Gasteiger partial charge in [0.2, 0.25) is 0 Å². The number of aliphatic hydroxyl groups is 2. The third kappa shape index (κ3) is 2.62. The summed E-state index contributed by atoms with van der Waals surface area (Å²) in [5.74, 6) is 1.70. The summed E-state index contributed by atoms with van der Waals surface area (Å²) in [5, 5.41) is 34.2. The van der Waals surface area contributed by atoms with E-state index in [1.54, 1.807) is 0 Å². The van der Waals surface area contributed by atoms with Crippen molar-refractivity contribution in [3.63, 3.8) is 0 Å². The molecule has 0 radical (unpaired) electrons. The summed E-state index contributed by atoms with van der Waals surface area (Å²) in [5.41, 5.74) is 0.649. The Hall–Kier alpha value is -1.01. The number of hydrogen-bond donors (Lipinski definition) is 3. The largest absolute Gasteiger partial charge is 0.504 e. The van der Waals surface area contributed by atoms with Crippen molar-refractivity contribution in [2.75, 3.05) is 19.7 Å². The first kappa shape index (κ1) is 24.3. The molecular formula is C29H42ClNO4. The van der Waals surface area contributed by atoms with E-state index < -0.39 is 11.0 Å². The Morgan fingerprint density at radius 1 is 1.11 bits per heavy atom. The first-order valence-corrected chi connectivity index (χ1v) is 13.6. The van der Waals surface area contributed by atoms with Gasteiger partial charge in [0.05, 0.1) is 12.2 Å². The number of ether oxygens (including phenoxy) is 1. The predicted octanol–water partition coefficient (Wildman–Crippen LogP) is 4.43. The Labute approximate surface area is 215 Å². The number of rotatable bonds is 4. The first-order valence-electron chi connectivity index (χ1n) is 13.6. The van der Waals surface area contributed by atoms with Crippen LogP contribution in [-0.2, 0) is 11.8 Å². The van der Waals surface area contributed by atoms with Crippen LogP contribution in [0.25, 0.3) is 0 Å². The van der Waals surface area contributed by atoms with E-state index >= 15 is 0 Å². The fourth-order valence-electron chi connectivity index (χ4n) is 9.74. The standard InChI is InChI=1S/C29H41NO4.ClH/c1-25(2,3)26(4,33)20-14-28-10-9-27(20,16-31)24-29(28)11-12-30(15-17-5-6-17)21(28)13-18-7-8-19(32)23(34-24)22(18)29;/h7-8,17,20-21,24,31-33H,5-6,9-16H2,1-4H3;1H/t20?,21-,24?,26+,27?,28?,29+;/m1./s1. The molecule has 4 bridgehead atoms. The lowest BCUT2D eigenvalue weighted by molar-refractivity contribution is -0.289. The Morgan fingerprint density at radius 2 is 1.86 bits per heavy atom. The number of likely N-dealkylation sites (tertiary alicyclic amines) is 1. The molecule has 4 unspecified atom stereocenters. The zero-order valence-corrected chi connectivity index (χ0v) is 22.5. The van der Waals surface area contributed by atoms with Crippen molar-refractivity contribution in [3.8, 4) is 11.5 Å². The lowest BCUT2D eigenvalue weighted by Gasteiger charge is -2.76. The molecule has 35 heavy (non-hydrogen) atoms. The molecule has 4 saturated carbocycles. The third-order valence-electron chi connectivity index (χ3n) is 12.0. The van der Waals surface area contributed by atoms with Crippen molar-refractivity contribution in [1.29, 1.82) is 0 Å². The zero-order chi connectivity index (χ0) is 23.9. The van der Waals surface area contributed by atoms with Gasteiger partial charge in [0, 0.05) is 34.4 Å². The molecule has 7 aliphatic rings. The van der Waals surface area contributed by atoms with E-state index in [0.29, 0.717) is 11.8 Å². The van der Waals surface area contributed by atoms with Crippen LogP contribution >= 0.6 is 12.4 Å². The summed E-state index contributed by atoms with van der Waals surface area (Å²) in [6.45, 7) is 10.7. The minimum atomic E-state index is -0.944. The number of phenols is 1. The van der Waals surface area contributed by atoms with Crippen LogP contribution in [0.3, 0.4) is 0 Å². The lowest BCUT2D eigenvalue weighted by atomic mass is 9.31. The predicted molar refractivity (Wildman–Crippen MR) is 137 cm³/mol.